The summed E-state index contributed by atoms with van der Waals surface area (Å²) in [6.07, 6.45) is 2.95. The molecule has 0 saturated carbocycles. The lowest BCUT2D eigenvalue weighted by Gasteiger charge is -2.04. The minimum Gasteiger partial charge on any atom is -0.377 e. The van der Waals surface area contributed by atoms with Crippen LogP contribution in [0, 0.1) is 22.9 Å². The van der Waals surface area contributed by atoms with Gasteiger partial charge in [-0.1, -0.05) is 17.3 Å². The van der Waals surface area contributed by atoms with Gasteiger partial charge in [-0.15, -0.1) is 5.10 Å². The number of halogens is 1. The minimum atomic E-state index is -0.467. The quantitative estimate of drug-likeness (QED) is 0.520. The summed E-state index contributed by atoms with van der Waals surface area (Å²) in [4.78, 5) is 14.5. The van der Waals surface area contributed by atoms with Gasteiger partial charge in [-0.05, 0) is 17.1 Å². The van der Waals surface area contributed by atoms with Crippen molar-refractivity contribution in [3.63, 3.8) is 0 Å². The summed E-state index contributed by atoms with van der Waals surface area (Å²) in [5.74, 6) is 0.171. The van der Waals surface area contributed by atoms with Gasteiger partial charge in [-0.3, -0.25) is 0 Å². The van der Waals surface area contributed by atoms with Crippen molar-refractivity contribution in [2.24, 2.45) is 0 Å². The first kappa shape index (κ1) is 16.6. The van der Waals surface area contributed by atoms with Crippen LogP contribution in [0.1, 0.15) is 11.5 Å². The molecule has 10 heteroatoms. The van der Waals surface area contributed by atoms with Crippen LogP contribution in [0.15, 0.2) is 36.7 Å². The van der Waals surface area contributed by atoms with Gasteiger partial charge in [0, 0.05) is 6.92 Å². The minimum absolute atomic E-state index is 0.0564. The SMILES string of the molecule is Cc1ncc([N+](=O)[O-])n1CCn1cc(CNc2ccccc2F)nn1. The number of nitro groups is 1. The molecule has 0 bridgehead atoms. The molecule has 3 rings (SSSR count). The molecule has 2 aromatic heterocycles. The molecule has 0 aliphatic carbocycles. The Bertz CT molecular complexity index is 890. The number of aromatic nitrogens is 5. The number of hydrogen-bond donors (Lipinski definition) is 1. The van der Waals surface area contributed by atoms with E-state index in [0.29, 0.717) is 36.8 Å². The lowest BCUT2D eigenvalue weighted by Crippen LogP contribution is -2.11. The number of aryl methyl sites for hydroxylation is 2. The summed E-state index contributed by atoms with van der Waals surface area (Å²) in [7, 11) is 0. The van der Waals surface area contributed by atoms with Gasteiger partial charge >= 0.3 is 5.82 Å². The highest BCUT2D eigenvalue weighted by molar-refractivity contribution is 5.44. The van der Waals surface area contributed by atoms with E-state index in [4.69, 9.17) is 0 Å². The van der Waals surface area contributed by atoms with Crippen LogP contribution in [0.2, 0.25) is 0 Å². The van der Waals surface area contributed by atoms with Gasteiger partial charge in [0.1, 0.15) is 24.3 Å². The summed E-state index contributed by atoms with van der Waals surface area (Å²) in [6.45, 7) is 2.79. The molecule has 0 aliphatic rings. The van der Waals surface area contributed by atoms with Gasteiger partial charge in [-0.2, -0.15) is 0 Å². The van der Waals surface area contributed by atoms with Gasteiger partial charge in [0.25, 0.3) is 0 Å². The first-order chi connectivity index (χ1) is 12.0. The van der Waals surface area contributed by atoms with Crippen molar-refractivity contribution in [1.82, 2.24) is 24.5 Å². The fourth-order valence-corrected chi connectivity index (χ4v) is 2.40. The van der Waals surface area contributed by atoms with E-state index in [1.54, 1.807) is 36.0 Å². The van der Waals surface area contributed by atoms with Crippen LogP contribution >= 0.6 is 0 Å². The Kier molecular flexibility index (Phi) is 4.68. The van der Waals surface area contributed by atoms with Crippen molar-refractivity contribution in [2.75, 3.05) is 5.32 Å². The Hall–Kier alpha value is -3.30. The first-order valence-electron chi connectivity index (χ1n) is 7.58. The van der Waals surface area contributed by atoms with Gasteiger partial charge in [-0.25, -0.2) is 18.6 Å². The maximum Gasteiger partial charge on any atom is 0.342 e. The van der Waals surface area contributed by atoms with Crippen LogP contribution in [-0.4, -0.2) is 29.5 Å². The topological polar surface area (TPSA) is 104 Å². The van der Waals surface area contributed by atoms with E-state index in [2.05, 4.69) is 20.6 Å². The highest BCUT2D eigenvalue weighted by atomic mass is 19.1. The van der Waals surface area contributed by atoms with E-state index in [1.165, 1.54) is 16.8 Å². The number of nitrogens with zero attached hydrogens (tertiary/aromatic N) is 6. The van der Waals surface area contributed by atoms with Crippen LogP contribution in [-0.2, 0) is 19.6 Å². The average molecular weight is 345 g/mol. The van der Waals surface area contributed by atoms with E-state index in [0.717, 1.165) is 0 Å². The molecule has 2 heterocycles. The molecule has 25 heavy (non-hydrogen) atoms. The summed E-state index contributed by atoms with van der Waals surface area (Å²) in [5.41, 5.74) is 1.03. The van der Waals surface area contributed by atoms with Crippen LogP contribution in [0.5, 0.6) is 0 Å². The average Bonchev–Trinajstić information content (AvgIpc) is 3.18. The number of imidazole rings is 1. The summed E-state index contributed by atoms with van der Waals surface area (Å²) in [6, 6.07) is 6.37. The zero-order valence-corrected chi connectivity index (χ0v) is 13.5. The number of anilines is 1. The van der Waals surface area contributed by atoms with Gasteiger partial charge < -0.3 is 15.4 Å². The highest BCUT2D eigenvalue weighted by Crippen LogP contribution is 2.14. The van der Waals surface area contributed by atoms with Crippen molar-refractivity contribution in [3.8, 4) is 0 Å². The maximum absolute atomic E-state index is 13.5. The number of nitrogens with one attached hydrogen (secondary N) is 1. The van der Waals surface area contributed by atoms with Crippen LogP contribution in [0.4, 0.5) is 15.9 Å². The lowest BCUT2D eigenvalue weighted by molar-refractivity contribution is -0.392. The normalized spacial score (nSPS) is 10.8. The van der Waals surface area contributed by atoms with Crippen LogP contribution < -0.4 is 5.32 Å². The van der Waals surface area contributed by atoms with E-state index in [1.807, 2.05) is 0 Å². The molecule has 130 valence electrons. The molecule has 0 amide bonds. The predicted molar refractivity (Wildman–Crippen MR) is 87.4 cm³/mol. The Balaban J connectivity index is 1.60. The molecule has 0 aliphatic heterocycles. The van der Waals surface area contributed by atoms with E-state index >= 15 is 0 Å². The van der Waals surface area contributed by atoms with Crippen molar-refractivity contribution >= 4 is 11.5 Å². The number of para-hydroxylation sites is 1. The van der Waals surface area contributed by atoms with Crippen LogP contribution in [0.3, 0.4) is 0 Å². The third-order valence-corrected chi connectivity index (χ3v) is 3.69. The number of hydrogen-bond acceptors (Lipinski definition) is 6. The third kappa shape index (κ3) is 3.79. The van der Waals surface area contributed by atoms with Gasteiger partial charge in [0.2, 0.25) is 0 Å². The first-order valence-corrected chi connectivity index (χ1v) is 7.58. The number of rotatable bonds is 7. The highest BCUT2D eigenvalue weighted by Gasteiger charge is 2.17. The van der Waals surface area contributed by atoms with Crippen molar-refractivity contribution < 1.29 is 9.31 Å². The zero-order chi connectivity index (χ0) is 17.8. The zero-order valence-electron chi connectivity index (χ0n) is 13.5. The molecule has 1 aromatic carbocycles. The van der Waals surface area contributed by atoms with Crippen molar-refractivity contribution in [1.29, 1.82) is 0 Å². The fourth-order valence-electron chi connectivity index (χ4n) is 2.40. The summed E-state index contributed by atoms with van der Waals surface area (Å²) in [5, 5.41) is 21.9. The molecule has 0 fully saturated rings. The molecule has 9 nitrogen and oxygen atoms in total. The molecule has 0 spiro atoms. The maximum atomic E-state index is 13.5. The van der Waals surface area contributed by atoms with Crippen molar-refractivity contribution in [3.05, 3.63) is 64.1 Å². The van der Waals surface area contributed by atoms with Gasteiger partial charge in [0.05, 0.1) is 25.0 Å². The number of benzene rings is 1. The molecule has 0 radical (unpaired) electrons. The van der Waals surface area contributed by atoms with Gasteiger partial charge in [0.15, 0.2) is 5.82 Å². The van der Waals surface area contributed by atoms with Crippen molar-refractivity contribution in [2.45, 2.75) is 26.6 Å². The molecule has 3 aromatic rings. The Labute approximate surface area is 142 Å². The second-order valence-electron chi connectivity index (χ2n) is 5.38. The second-order valence-corrected chi connectivity index (χ2v) is 5.38. The fraction of sp³-hybridized carbons (Fsp3) is 0.267. The molecule has 0 unspecified atom stereocenters. The standard InChI is InChI=1S/C15H16FN7O2/c1-11-17-9-15(23(24)25)22(11)7-6-21-10-12(19-20-21)8-18-14-5-3-2-4-13(14)16/h2-5,9-10,18H,6-8H2,1H3. The third-order valence-electron chi connectivity index (χ3n) is 3.69. The molecular weight excluding hydrogens is 329 g/mol. The Morgan fingerprint density at radius 2 is 2.12 bits per heavy atom. The Morgan fingerprint density at radius 1 is 1.32 bits per heavy atom. The smallest absolute Gasteiger partial charge is 0.342 e. The van der Waals surface area contributed by atoms with E-state index in [-0.39, 0.29) is 11.6 Å². The largest absolute Gasteiger partial charge is 0.377 e. The second kappa shape index (κ2) is 7.07. The molecule has 0 atom stereocenters. The van der Waals surface area contributed by atoms with Crippen LogP contribution in [0.25, 0.3) is 0 Å². The summed E-state index contributed by atoms with van der Waals surface area (Å²) < 4.78 is 16.6. The summed E-state index contributed by atoms with van der Waals surface area (Å²) >= 11 is 0. The molecule has 0 saturated heterocycles. The van der Waals surface area contributed by atoms with E-state index in [9.17, 15) is 14.5 Å². The lowest BCUT2D eigenvalue weighted by atomic mass is 10.3. The predicted octanol–water partition coefficient (Wildman–Crippen LogP) is 2.14. The Morgan fingerprint density at radius 3 is 2.88 bits per heavy atom. The molecule has 1 N–H and O–H groups in total. The monoisotopic (exact) mass is 345 g/mol. The molecular formula is C15H16FN7O2. The van der Waals surface area contributed by atoms with E-state index < -0.39 is 4.92 Å².